The summed E-state index contributed by atoms with van der Waals surface area (Å²) >= 11 is 0. The number of carbonyl (C=O) groups excluding carboxylic acids is 1. The van der Waals surface area contributed by atoms with E-state index in [9.17, 15) is 4.79 Å². The van der Waals surface area contributed by atoms with Crippen molar-refractivity contribution in [2.24, 2.45) is 0 Å². The predicted octanol–water partition coefficient (Wildman–Crippen LogP) is 5.34. The second kappa shape index (κ2) is 10.1. The largest absolute Gasteiger partial charge is 0.487 e. The SMILES string of the molecule is CCC(C)OOC(=O)CCc1ccc(OCc2nc(-c3ccc(C)o3)oc2C)cc1. The van der Waals surface area contributed by atoms with Gasteiger partial charge in [0.25, 0.3) is 5.89 Å². The van der Waals surface area contributed by atoms with E-state index in [1.165, 1.54) is 0 Å². The Hall–Kier alpha value is -3.06. The lowest BCUT2D eigenvalue weighted by Crippen LogP contribution is -2.13. The van der Waals surface area contributed by atoms with Crippen molar-refractivity contribution in [3.63, 3.8) is 0 Å². The lowest BCUT2D eigenvalue weighted by molar-refractivity contribution is -0.294. The lowest BCUT2D eigenvalue weighted by atomic mass is 10.1. The van der Waals surface area contributed by atoms with E-state index in [0.29, 0.717) is 35.3 Å². The molecule has 7 nitrogen and oxygen atoms in total. The van der Waals surface area contributed by atoms with Gasteiger partial charge in [0.15, 0.2) is 5.76 Å². The van der Waals surface area contributed by atoms with E-state index in [1.807, 2.05) is 64.1 Å². The van der Waals surface area contributed by atoms with Crippen molar-refractivity contribution in [3.05, 3.63) is 59.2 Å². The lowest BCUT2D eigenvalue weighted by Gasteiger charge is -2.09. The molecule has 3 rings (SSSR count). The van der Waals surface area contributed by atoms with Crippen molar-refractivity contribution >= 4 is 5.97 Å². The van der Waals surface area contributed by atoms with Gasteiger partial charge in [-0.15, -0.1) is 0 Å². The van der Waals surface area contributed by atoms with E-state index < -0.39 is 0 Å². The van der Waals surface area contributed by atoms with Crippen LogP contribution in [-0.4, -0.2) is 17.1 Å². The van der Waals surface area contributed by atoms with Crippen molar-refractivity contribution < 1.29 is 28.1 Å². The Kier molecular flexibility index (Phi) is 7.30. The van der Waals surface area contributed by atoms with Crippen LogP contribution in [0.25, 0.3) is 11.7 Å². The molecule has 0 spiro atoms. The molecule has 0 fully saturated rings. The molecule has 0 amide bonds. The van der Waals surface area contributed by atoms with Gasteiger partial charge in [-0.25, -0.2) is 9.78 Å². The van der Waals surface area contributed by atoms with Crippen LogP contribution in [0.15, 0.2) is 45.2 Å². The number of aryl methyl sites for hydroxylation is 3. The summed E-state index contributed by atoms with van der Waals surface area (Å²) in [5.41, 5.74) is 1.73. The molecule has 2 aromatic heterocycles. The maximum Gasteiger partial charge on any atom is 0.342 e. The van der Waals surface area contributed by atoms with Gasteiger partial charge in [0.2, 0.25) is 0 Å². The fourth-order valence-electron chi connectivity index (χ4n) is 2.61. The average molecular weight is 413 g/mol. The minimum atomic E-state index is -0.375. The monoisotopic (exact) mass is 413 g/mol. The Morgan fingerprint density at radius 3 is 2.53 bits per heavy atom. The van der Waals surface area contributed by atoms with Crippen molar-refractivity contribution in [1.82, 2.24) is 4.98 Å². The molecule has 1 aromatic carbocycles. The smallest absolute Gasteiger partial charge is 0.342 e. The molecule has 0 radical (unpaired) electrons. The van der Waals surface area contributed by atoms with Crippen molar-refractivity contribution in [1.29, 1.82) is 0 Å². The first kappa shape index (κ1) is 21.6. The average Bonchev–Trinajstić information content (AvgIpc) is 3.35. The molecular formula is C23H27NO6. The van der Waals surface area contributed by atoms with Crippen LogP contribution in [0.2, 0.25) is 0 Å². The first-order chi connectivity index (χ1) is 14.4. The topological polar surface area (TPSA) is 83.9 Å². The van der Waals surface area contributed by atoms with Crippen LogP contribution in [0.4, 0.5) is 0 Å². The third kappa shape index (κ3) is 5.97. The van der Waals surface area contributed by atoms with Gasteiger partial charge in [-0.2, -0.15) is 4.89 Å². The van der Waals surface area contributed by atoms with E-state index in [2.05, 4.69) is 4.98 Å². The Morgan fingerprint density at radius 1 is 1.10 bits per heavy atom. The van der Waals surface area contributed by atoms with Gasteiger partial charge in [0.1, 0.15) is 35.7 Å². The maximum absolute atomic E-state index is 11.7. The highest BCUT2D eigenvalue weighted by atomic mass is 17.2. The molecule has 1 unspecified atom stereocenters. The molecule has 0 aliphatic rings. The highest BCUT2D eigenvalue weighted by Crippen LogP contribution is 2.24. The molecule has 160 valence electrons. The molecule has 0 aliphatic heterocycles. The van der Waals surface area contributed by atoms with Gasteiger partial charge >= 0.3 is 5.97 Å². The summed E-state index contributed by atoms with van der Waals surface area (Å²) in [5, 5.41) is 0. The zero-order valence-corrected chi connectivity index (χ0v) is 17.8. The second-order valence-corrected chi connectivity index (χ2v) is 7.14. The van der Waals surface area contributed by atoms with Crippen molar-refractivity contribution in [3.8, 4) is 17.4 Å². The zero-order valence-electron chi connectivity index (χ0n) is 17.8. The minimum Gasteiger partial charge on any atom is -0.487 e. The molecule has 7 heteroatoms. The van der Waals surface area contributed by atoms with Gasteiger partial charge in [0.05, 0.1) is 6.42 Å². The summed E-state index contributed by atoms with van der Waals surface area (Å²) in [6.07, 6.45) is 1.51. The summed E-state index contributed by atoms with van der Waals surface area (Å²) in [5.74, 6) is 2.86. The van der Waals surface area contributed by atoms with Crippen LogP contribution in [0.1, 0.15) is 49.5 Å². The molecule has 30 heavy (non-hydrogen) atoms. The molecule has 0 aliphatic carbocycles. The van der Waals surface area contributed by atoms with Gasteiger partial charge in [0, 0.05) is 0 Å². The molecule has 0 saturated heterocycles. The quantitative estimate of drug-likeness (QED) is 0.328. The first-order valence-corrected chi connectivity index (χ1v) is 10.1. The highest BCUT2D eigenvalue weighted by molar-refractivity contribution is 5.69. The fourth-order valence-corrected chi connectivity index (χ4v) is 2.61. The van der Waals surface area contributed by atoms with E-state index in [1.54, 1.807) is 0 Å². The number of carbonyl (C=O) groups is 1. The van der Waals surface area contributed by atoms with E-state index in [-0.39, 0.29) is 25.1 Å². The number of rotatable bonds is 10. The number of hydrogen-bond donors (Lipinski definition) is 0. The first-order valence-electron chi connectivity index (χ1n) is 10.1. The second-order valence-electron chi connectivity index (χ2n) is 7.14. The number of ether oxygens (including phenoxy) is 1. The zero-order chi connectivity index (χ0) is 21.5. The van der Waals surface area contributed by atoms with Crippen LogP contribution in [0.5, 0.6) is 5.75 Å². The Morgan fingerprint density at radius 2 is 1.87 bits per heavy atom. The van der Waals surface area contributed by atoms with Crippen molar-refractivity contribution in [2.45, 2.75) is 59.7 Å². The molecule has 0 saturated carbocycles. The van der Waals surface area contributed by atoms with E-state index >= 15 is 0 Å². The van der Waals surface area contributed by atoms with Gasteiger partial charge in [-0.05, 0) is 63.4 Å². The third-order valence-corrected chi connectivity index (χ3v) is 4.64. The van der Waals surface area contributed by atoms with Gasteiger partial charge < -0.3 is 13.6 Å². The number of hydrogen-bond acceptors (Lipinski definition) is 7. The number of aromatic nitrogens is 1. The summed E-state index contributed by atoms with van der Waals surface area (Å²) in [6, 6.07) is 11.3. The van der Waals surface area contributed by atoms with Crippen LogP contribution >= 0.6 is 0 Å². The molecule has 2 heterocycles. The Balaban J connectivity index is 1.48. The molecule has 0 bridgehead atoms. The normalized spacial score (nSPS) is 12.0. The van der Waals surface area contributed by atoms with Crippen LogP contribution in [0, 0.1) is 13.8 Å². The summed E-state index contributed by atoms with van der Waals surface area (Å²) in [4.78, 5) is 25.9. The van der Waals surface area contributed by atoms with Gasteiger partial charge in [-0.1, -0.05) is 19.1 Å². The summed E-state index contributed by atoms with van der Waals surface area (Å²) in [6.45, 7) is 7.82. The summed E-state index contributed by atoms with van der Waals surface area (Å²) in [7, 11) is 0. The maximum atomic E-state index is 11.7. The number of furan rings is 1. The van der Waals surface area contributed by atoms with Crippen LogP contribution < -0.4 is 4.74 Å². The Bertz CT molecular complexity index is 956. The standard InChI is InChI=1S/C23H27NO6/c1-5-15(2)29-30-22(25)13-9-18-7-10-19(11-8-18)26-14-20-17(4)28-23(24-20)21-12-6-16(3)27-21/h6-8,10-12,15H,5,9,13-14H2,1-4H3. The van der Waals surface area contributed by atoms with Gasteiger partial charge in [-0.3, -0.25) is 4.89 Å². The highest BCUT2D eigenvalue weighted by Gasteiger charge is 2.15. The minimum absolute atomic E-state index is 0.0991. The van der Waals surface area contributed by atoms with Crippen molar-refractivity contribution in [2.75, 3.05) is 0 Å². The van der Waals surface area contributed by atoms with Crippen LogP contribution in [0.3, 0.4) is 0 Å². The van der Waals surface area contributed by atoms with E-state index in [4.69, 9.17) is 23.3 Å². The van der Waals surface area contributed by atoms with E-state index in [0.717, 1.165) is 17.7 Å². The third-order valence-electron chi connectivity index (χ3n) is 4.64. The number of oxazole rings is 1. The predicted molar refractivity (Wildman–Crippen MR) is 110 cm³/mol. The number of benzene rings is 1. The fraction of sp³-hybridized carbons (Fsp3) is 0.391. The molecular weight excluding hydrogens is 386 g/mol. The van der Waals surface area contributed by atoms with Crippen LogP contribution in [-0.2, 0) is 27.6 Å². The molecule has 3 aromatic rings. The Labute approximate surface area is 175 Å². The number of nitrogens with zero attached hydrogens (tertiary/aromatic N) is 1. The summed E-state index contributed by atoms with van der Waals surface area (Å²) < 4.78 is 17.0. The molecule has 0 N–H and O–H groups in total. The molecule has 1 atom stereocenters.